The standard InChI is InChI=1S/C28H18ClN5O/c29-19-9-7-18(8-10-19)26-22-4-1-2-5-23(22)28(34-33-26)32-20-11-13-21(14-12-20)35-25-15-17-30-24-6-3-16-31-27(24)25/h1-17H,(H,32,34). The third kappa shape index (κ3) is 4.23. The minimum Gasteiger partial charge on any atom is -0.455 e. The monoisotopic (exact) mass is 475 g/mol. The third-order valence-corrected chi connectivity index (χ3v) is 5.86. The van der Waals surface area contributed by atoms with Crippen LogP contribution in [0.15, 0.2) is 103 Å². The highest BCUT2D eigenvalue weighted by atomic mass is 35.5. The van der Waals surface area contributed by atoms with Gasteiger partial charge in [0.25, 0.3) is 0 Å². The first-order valence-electron chi connectivity index (χ1n) is 11.0. The van der Waals surface area contributed by atoms with Crippen LogP contribution in [0.4, 0.5) is 11.5 Å². The molecule has 7 heteroatoms. The number of hydrogen-bond donors (Lipinski definition) is 1. The Kier molecular flexibility index (Phi) is 5.41. The molecule has 0 fully saturated rings. The number of benzene rings is 3. The van der Waals surface area contributed by atoms with Crippen molar-refractivity contribution in [2.45, 2.75) is 0 Å². The van der Waals surface area contributed by atoms with Crippen molar-refractivity contribution in [3.63, 3.8) is 0 Å². The van der Waals surface area contributed by atoms with Gasteiger partial charge < -0.3 is 10.1 Å². The van der Waals surface area contributed by atoms with Crippen molar-refractivity contribution in [3.8, 4) is 22.8 Å². The molecule has 3 heterocycles. The van der Waals surface area contributed by atoms with Crippen LogP contribution < -0.4 is 10.1 Å². The summed E-state index contributed by atoms with van der Waals surface area (Å²) in [4.78, 5) is 8.72. The summed E-state index contributed by atoms with van der Waals surface area (Å²) in [5.74, 6) is 2.03. The molecule has 6 nitrogen and oxygen atoms in total. The molecule has 3 aromatic heterocycles. The number of pyridine rings is 2. The largest absolute Gasteiger partial charge is 0.455 e. The fraction of sp³-hybridized carbons (Fsp3) is 0. The van der Waals surface area contributed by atoms with Crippen molar-refractivity contribution in [1.82, 2.24) is 20.2 Å². The average Bonchev–Trinajstić information content (AvgIpc) is 2.91. The molecule has 3 aromatic carbocycles. The summed E-state index contributed by atoms with van der Waals surface area (Å²) in [6.07, 6.45) is 3.44. The van der Waals surface area contributed by atoms with Gasteiger partial charge in [-0.1, -0.05) is 48.0 Å². The highest BCUT2D eigenvalue weighted by Gasteiger charge is 2.12. The maximum Gasteiger partial charge on any atom is 0.161 e. The zero-order valence-corrected chi connectivity index (χ0v) is 19.1. The first kappa shape index (κ1) is 21.0. The Balaban J connectivity index is 1.28. The number of nitrogens with zero attached hydrogens (tertiary/aromatic N) is 4. The van der Waals surface area contributed by atoms with Gasteiger partial charge in [0, 0.05) is 45.5 Å². The Bertz CT molecular complexity index is 1650. The summed E-state index contributed by atoms with van der Waals surface area (Å²) in [6.45, 7) is 0. The molecule has 0 aliphatic heterocycles. The van der Waals surface area contributed by atoms with Gasteiger partial charge in [-0.3, -0.25) is 9.97 Å². The number of nitrogens with one attached hydrogen (secondary N) is 1. The molecule has 6 aromatic rings. The van der Waals surface area contributed by atoms with E-state index in [9.17, 15) is 0 Å². The second-order valence-electron chi connectivity index (χ2n) is 7.88. The fourth-order valence-electron chi connectivity index (χ4n) is 3.92. The fourth-order valence-corrected chi connectivity index (χ4v) is 4.05. The van der Waals surface area contributed by atoms with E-state index in [1.807, 2.05) is 91.0 Å². The molecule has 0 saturated heterocycles. The summed E-state index contributed by atoms with van der Waals surface area (Å²) in [5.41, 5.74) is 4.15. The van der Waals surface area contributed by atoms with E-state index in [1.54, 1.807) is 12.4 Å². The maximum absolute atomic E-state index is 6.07. The number of ether oxygens (including phenoxy) is 1. The van der Waals surface area contributed by atoms with E-state index < -0.39 is 0 Å². The highest BCUT2D eigenvalue weighted by molar-refractivity contribution is 6.30. The van der Waals surface area contributed by atoms with Crippen molar-refractivity contribution < 1.29 is 4.74 Å². The van der Waals surface area contributed by atoms with E-state index >= 15 is 0 Å². The maximum atomic E-state index is 6.07. The zero-order chi connectivity index (χ0) is 23.6. The lowest BCUT2D eigenvalue weighted by molar-refractivity contribution is 0.487. The van der Waals surface area contributed by atoms with Crippen molar-refractivity contribution in [2.24, 2.45) is 0 Å². The van der Waals surface area contributed by atoms with Crippen LogP contribution >= 0.6 is 11.6 Å². The second-order valence-corrected chi connectivity index (χ2v) is 8.32. The topological polar surface area (TPSA) is 72.8 Å². The van der Waals surface area contributed by atoms with Crippen molar-refractivity contribution in [1.29, 1.82) is 0 Å². The molecular weight excluding hydrogens is 458 g/mol. The highest BCUT2D eigenvalue weighted by Crippen LogP contribution is 2.32. The Morgan fingerprint density at radius 2 is 1.49 bits per heavy atom. The molecule has 0 radical (unpaired) electrons. The minimum atomic E-state index is 0.658. The van der Waals surface area contributed by atoms with Crippen LogP contribution in [0.25, 0.3) is 33.1 Å². The van der Waals surface area contributed by atoms with Gasteiger partial charge >= 0.3 is 0 Å². The van der Waals surface area contributed by atoms with Gasteiger partial charge in [-0.05, 0) is 48.5 Å². The van der Waals surface area contributed by atoms with Gasteiger partial charge in [0.15, 0.2) is 11.6 Å². The Labute approximate surface area is 206 Å². The molecule has 0 unspecified atom stereocenters. The second kappa shape index (κ2) is 9.00. The van der Waals surface area contributed by atoms with Gasteiger partial charge in [-0.25, -0.2) is 0 Å². The van der Waals surface area contributed by atoms with Crippen LogP contribution in [0, 0.1) is 0 Å². The molecule has 0 aliphatic carbocycles. The average molecular weight is 476 g/mol. The summed E-state index contributed by atoms with van der Waals surface area (Å²) < 4.78 is 6.07. The summed E-state index contributed by atoms with van der Waals surface area (Å²) in [7, 11) is 0. The zero-order valence-electron chi connectivity index (χ0n) is 18.4. The quantitative estimate of drug-likeness (QED) is 0.279. The molecule has 35 heavy (non-hydrogen) atoms. The molecule has 0 amide bonds. The number of hydrogen-bond acceptors (Lipinski definition) is 6. The molecule has 0 spiro atoms. The van der Waals surface area contributed by atoms with E-state index in [4.69, 9.17) is 16.3 Å². The molecule has 0 aliphatic rings. The number of aromatic nitrogens is 4. The Morgan fingerprint density at radius 3 is 2.31 bits per heavy atom. The predicted octanol–water partition coefficient (Wildman–Crippen LogP) is 7.43. The van der Waals surface area contributed by atoms with E-state index in [0.29, 0.717) is 22.3 Å². The molecular formula is C28H18ClN5O. The van der Waals surface area contributed by atoms with Crippen LogP contribution in [-0.2, 0) is 0 Å². The van der Waals surface area contributed by atoms with Crippen molar-refractivity contribution >= 4 is 44.9 Å². The van der Waals surface area contributed by atoms with E-state index in [-0.39, 0.29) is 0 Å². The number of halogens is 1. The first-order valence-corrected chi connectivity index (χ1v) is 11.4. The van der Waals surface area contributed by atoms with Gasteiger partial charge in [0.1, 0.15) is 17.0 Å². The third-order valence-electron chi connectivity index (χ3n) is 5.61. The molecule has 0 bridgehead atoms. The normalized spacial score (nSPS) is 11.0. The first-order chi connectivity index (χ1) is 17.2. The van der Waals surface area contributed by atoms with Crippen LogP contribution in [-0.4, -0.2) is 20.2 Å². The summed E-state index contributed by atoms with van der Waals surface area (Å²) >= 11 is 6.05. The molecule has 0 atom stereocenters. The molecule has 6 rings (SSSR count). The van der Waals surface area contributed by atoms with Crippen LogP contribution in [0.5, 0.6) is 11.5 Å². The molecule has 1 N–H and O–H groups in total. The smallest absolute Gasteiger partial charge is 0.161 e. The minimum absolute atomic E-state index is 0.658. The predicted molar refractivity (Wildman–Crippen MR) is 139 cm³/mol. The van der Waals surface area contributed by atoms with E-state index in [0.717, 1.165) is 38.8 Å². The SMILES string of the molecule is Clc1ccc(-c2nnc(Nc3ccc(Oc4ccnc5cccnc45)cc3)c3ccccc23)cc1. The lowest BCUT2D eigenvalue weighted by atomic mass is 10.0. The number of anilines is 2. The Hall–Kier alpha value is -4.55. The van der Waals surface area contributed by atoms with Crippen LogP contribution in [0.2, 0.25) is 5.02 Å². The van der Waals surface area contributed by atoms with Crippen molar-refractivity contribution in [2.75, 3.05) is 5.32 Å². The van der Waals surface area contributed by atoms with E-state index in [1.165, 1.54) is 0 Å². The number of fused-ring (bicyclic) bond motifs is 2. The van der Waals surface area contributed by atoms with Gasteiger partial charge in [0.05, 0.1) is 5.52 Å². The molecule has 168 valence electrons. The number of rotatable bonds is 5. The summed E-state index contributed by atoms with van der Waals surface area (Å²) in [5, 5.41) is 15.0. The molecule has 0 saturated carbocycles. The van der Waals surface area contributed by atoms with E-state index in [2.05, 4.69) is 25.5 Å². The van der Waals surface area contributed by atoms with Gasteiger partial charge in [-0.15, -0.1) is 10.2 Å². The van der Waals surface area contributed by atoms with Gasteiger partial charge in [-0.2, -0.15) is 0 Å². The van der Waals surface area contributed by atoms with Crippen molar-refractivity contribution in [3.05, 3.63) is 108 Å². The lowest BCUT2D eigenvalue weighted by Gasteiger charge is -2.12. The Morgan fingerprint density at radius 1 is 0.686 bits per heavy atom. The van der Waals surface area contributed by atoms with Gasteiger partial charge in [0.2, 0.25) is 0 Å². The van der Waals surface area contributed by atoms with Crippen LogP contribution in [0.3, 0.4) is 0 Å². The van der Waals surface area contributed by atoms with Crippen LogP contribution in [0.1, 0.15) is 0 Å². The summed E-state index contributed by atoms with van der Waals surface area (Å²) in [6, 6.07) is 28.9. The lowest BCUT2D eigenvalue weighted by Crippen LogP contribution is -1.99.